The topological polar surface area (TPSA) is 118 Å². The summed E-state index contributed by atoms with van der Waals surface area (Å²) < 4.78 is 5.47. The Hall–Kier alpha value is -3.72. The fourth-order valence-corrected chi connectivity index (χ4v) is 4.86. The van der Waals surface area contributed by atoms with Gasteiger partial charge in [0, 0.05) is 17.5 Å². The molecule has 2 aromatic carbocycles. The molecule has 1 aromatic heterocycles. The standard InChI is InChI=1S/C25H25N3O5S/c1-25(2,23-26-11-12-34-23)28-22(31)20(13-21(29)30)27-24(32)33-14-19-17-9-5-3-7-15(17)16-8-4-6-10-18(16)19/h3-12,19-20H,13-14H2,1-2H3,(H,27,32)(H,28,31)(H,29,30). The highest BCUT2D eigenvalue weighted by atomic mass is 32.1. The Labute approximate surface area is 201 Å². The van der Waals surface area contributed by atoms with Gasteiger partial charge < -0.3 is 20.5 Å². The smallest absolute Gasteiger partial charge is 0.407 e. The van der Waals surface area contributed by atoms with Crippen LogP contribution in [0.15, 0.2) is 60.1 Å². The molecule has 1 aliphatic carbocycles. The maximum atomic E-state index is 12.8. The second kappa shape index (κ2) is 9.64. The highest BCUT2D eigenvalue weighted by Gasteiger charge is 2.33. The number of nitrogens with one attached hydrogen (secondary N) is 2. The summed E-state index contributed by atoms with van der Waals surface area (Å²) in [5.74, 6) is -1.99. The van der Waals surface area contributed by atoms with E-state index in [-0.39, 0.29) is 12.5 Å². The van der Waals surface area contributed by atoms with Crippen LogP contribution in [0.5, 0.6) is 0 Å². The van der Waals surface area contributed by atoms with Crippen molar-refractivity contribution >= 4 is 29.3 Å². The van der Waals surface area contributed by atoms with Crippen LogP contribution in [-0.4, -0.2) is 40.7 Å². The van der Waals surface area contributed by atoms with Gasteiger partial charge in [0.2, 0.25) is 5.91 Å². The van der Waals surface area contributed by atoms with E-state index < -0.39 is 36.0 Å². The van der Waals surface area contributed by atoms with Gasteiger partial charge in [-0.1, -0.05) is 48.5 Å². The van der Waals surface area contributed by atoms with E-state index in [0.29, 0.717) is 5.01 Å². The molecule has 0 fully saturated rings. The van der Waals surface area contributed by atoms with E-state index >= 15 is 0 Å². The number of carboxylic acids is 1. The van der Waals surface area contributed by atoms with Crippen LogP contribution in [0.4, 0.5) is 4.79 Å². The molecule has 176 valence electrons. The molecule has 9 heteroatoms. The molecule has 2 amide bonds. The summed E-state index contributed by atoms with van der Waals surface area (Å²) in [5, 5.41) is 16.9. The molecular formula is C25H25N3O5S. The van der Waals surface area contributed by atoms with Gasteiger partial charge in [-0.3, -0.25) is 9.59 Å². The number of carboxylic acid groups (broad SMARTS) is 1. The van der Waals surface area contributed by atoms with Crippen LogP contribution in [-0.2, 0) is 19.9 Å². The molecule has 8 nitrogen and oxygen atoms in total. The first-order chi connectivity index (χ1) is 16.3. The van der Waals surface area contributed by atoms with Crippen LogP contribution in [0, 0.1) is 0 Å². The van der Waals surface area contributed by atoms with Gasteiger partial charge in [-0.25, -0.2) is 9.78 Å². The first kappa shape index (κ1) is 23.4. The zero-order valence-electron chi connectivity index (χ0n) is 18.8. The van der Waals surface area contributed by atoms with Gasteiger partial charge in [-0.15, -0.1) is 11.3 Å². The number of rotatable bonds is 8. The third kappa shape index (κ3) is 4.94. The number of hydrogen-bond donors (Lipinski definition) is 3. The van der Waals surface area contributed by atoms with Gasteiger partial charge in [-0.2, -0.15) is 0 Å². The molecule has 1 aliphatic rings. The van der Waals surface area contributed by atoms with Gasteiger partial charge >= 0.3 is 12.1 Å². The first-order valence-corrected chi connectivity index (χ1v) is 11.7. The summed E-state index contributed by atoms with van der Waals surface area (Å²) in [5.41, 5.74) is 3.48. The van der Waals surface area contributed by atoms with Crippen molar-refractivity contribution < 1.29 is 24.2 Å². The van der Waals surface area contributed by atoms with Crippen molar-refractivity contribution in [3.63, 3.8) is 0 Å². The lowest BCUT2D eigenvalue weighted by Crippen LogP contribution is -2.52. The third-order valence-electron chi connectivity index (χ3n) is 5.73. The highest BCUT2D eigenvalue weighted by molar-refractivity contribution is 7.09. The number of fused-ring (bicyclic) bond motifs is 3. The number of aromatic nitrogens is 1. The van der Waals surface area contributed by atoms with Gasteiger partial charge in [0.15, 0.2) is 0 Å². The maximum Gasteiger partial charge on any atom is 0.407 e. The van der Waals surface area contributed by atoms with E-state index in [1.807, 2.05) is 48.5 Å². The molecule has 3 N–H and O–H groups in total. The summed E-state index contributed by atoms with van der Waals surface area (Å²) in [6.07, 6.45) is 0.192. The normalized spacial score (nSPS) is 13.5. The lowest BCUT2D eigenvalue weighted by Gasteiger charge is -2.27. The SMILES string of the molecule is CC(C)(NC(=O)C(CC(=O)O)NC(=O)OCC1c2ccccc2-c2ccccc21)c1nccs1. The lowest BCUT2D eigenvalue weighted by atomic mass is 9.98. The minimum absolute atomic E-state index is 0.0614. The molecular weight excluding hydrogens is 454 g/mol. The van der Waals surface area contributed by atoms with Crippen LogP contribution in [0.25, 0.3) is 11.1 Å². The van der Waals surface area contributed by atoms with Crippen LogP contribution in [0.1, 0.15) is 42.3 Å². The summed E-state index contributed by atoms with van der Waals surface area (Å²) in [6.45, 7) is 3.58. The average molecular weight is 480 g/mol. The Morgan fingerprint density at radius 3 is 2.26 bits per heavy atom. The van der Waals surface area contributed by atoms with Crippen molar-refractivity contribution in [3.8, 4) is 11.1 Å². The number of carbonyl (C=O) groups is 3. The van der Waals surface area contributed by atoms with Crippen LogP contribution in [0.2, 0.25) is 0 Å². The number of hydrogen-bond acceptors (Lipinski definition) is 6. The van der Waals surface area contributed by atoms with Crippen LogP contribution in [0.3, 0.4) is 0 Å². The van der Waals surface area contributed by atoms with Crippen molar-refractivity contribution in [2.45, 2.75) is 37.8 Å². The fourth-order valence-electron chi connectivity index (χ4n) is 4.15. The predicted octanol–water partition coefficient (Wildman–Crippen LogP) is 3.88. The van der Waals surface area contributed by atoms with E-state index in [1.165, 1.54) is 11.3 Å². The minimum atomic E-state index is -1.30. The molecule has 0 saturated heterocycles. The zero-order chi connectivity index (χ0) is 24.3. The first-order valence-electron chi connectivity index (χ1n) is 10.8. The average Bonchev–Trinajstić information content (AvgIpc) is 3.44. The molecule has 34 heavy (non-hydrogen) atoms. The predicted molar refractivity (Wildman–Crippen MR) is 128 cm³/mol. The summed E-state index contributed by atoms with van der Waals surface area (Å²) >= 11 is 1.37. The number of amides is 2. The van der Waals surface area contributed by atoms with Crippen molar-refractivity contribution in [2.24, 2.45) is 0 Å². The fraction of sp³-hybridized carbons (Fsp3) is 0.280. The van der Waals surface area contributed by atoms with E-state index in [9.17, 15) is 19.5 Å². The Balaban J connectivity index is 1.43. The molecule has 1 heterocycles. The maximum absolute atomic E-state index is 12.8. The Kier molecular flexibility index (Phi) is 6.65. The second-order valence-corrected chi connectivity index (χ2v) is 9.47. The van der Waals surface area contributed by atoms with Crippen LogP contribution < -0.4 is 10.6 Å². The molecule has 1 unspecified atom stereocenters. The van der Waals surface area contributed by atoms with Gasteiger partial charge in [0.25, 0.3) is 0 Å². The number of thiazole rings is 1. The van der Waals surface area contributed by atoms with Crippen molar-refractivity contribution in [1.82, 2.24) is 15.6 Å². The molecule has 4 rings (SSSR count). The van der Waals surface area contributed by atoms with Crippen molar-refractivity contribution in [1.29, 1.82) is 0 Å². The summed E-state index contributed by atoms with van der Waals surface area (Å²) in [6, 6.07) is 14.6. The van der Waals surface area contributed by atoms with Crippen molar-refractivity contribution in [2.75, 3.05) is 6.61 Å². The van der Waals surface area contributed by atoms with E-state index in [2.05, 4.69) is 15.6 Å². The van der Waals surface area contributed by atoms with Gasteiger partial charge in [0.1, 0.15) is 17.7 Å². The Morgan fingerprint density at radius 1 is 1.09 bits per heavy atom. The molecule has 0 aliphatic heterocycles. The molecule has 0 spiro atoms. The number of aliphatic carboxylic acids is 1. The summed E-state index contributed by atoms with van der Waals surface area (Å²) in [4.78, 5) is 41.0. The lowest BCUT2D eigenvalue weighted by molar-refractivity contribution is -0.140. The van der Waals surface area contributed by atoms with Crippen molar-refractivity contribution in [3.05, 3.63) is 76.2 Å². The molecule has 3 aromatic rings. The number of benzene rings is 2. The number of carbonyl (C=O) groups excluding carboxylic acids is 2. The Morgan fingerprint density at radius 2 is 1.71 bits per heavy atom. The van der Waals surface area contributed by atoms with Crippen LogP contribution >= 0.6 is 11.3 Å². The molecule has 0 radical (unpaired) electrons. The Bertz CT molecular complexity index is 1160. The molecule has 0 saturated carbocycles. The highest BCUT2D eigenvalue weighted by Crippen LogP contribution is 2.44. The second-order valence-electron chi connectivity index (χ2n) is 8.57. The third-order valence-corrected chi connectivity index (χ3v) is 6.83. The monoisotopic (exact) mass is 479 g/mol. The van der Waals surface area contributed by atoms with Gasteiger partial charge in [0.05, 0.1) is 12.0 Å². The number of nitrogens with zero attached hydrogens (tertiary/aromatic N) is 1. The van der Waals surface area contributed by atoms with E-state index in [0.717, 1.165) is 22.3 Å². The minimum Gasteiger partial charge on any atom is -0.481 e. The number of ether oxygens (including phenoxy) is 1. The zero-order valence-corrected chi connectivity index (χ0v) is 19.6. The van der Waals surface area contributed by atoms with E-state index in [1.54, 1.807) is 25.4 Å². The quantitative estimate of drug-likeness (QED) is 0.451. The van der Waals surface area contributed by atoms with E-state index in [4.69, 9.17) is 4.74 Å². The number of alkyl carbamates (subject to hydrolysis) is 1. The summed E-state index contributed by atoms with van der Waals surface area (Å²) in [7, 11) is 0. The van der Waals surface area contributed by atoms with Gasteiger partial charge in [-0.05, 0) is 36.1 Å². The largest absolute Gasteiger partial charge is 0.481 e. The molecule has 0 bridgehead atoms. The molecule has 1 atom stereocenters.